The van der Waals surface area contributed by atoms with Crippen LogP contribution in [0.5, 0.6) is 0 Å². The van der Waals surface area contributed by atoms with E-state index in [9.17, 15) is 14.0 Å². The highest BCUT2D eigenvalue weighted by Crippen LogP contribution is 2.41. The zero-order chi connectivity index (χ0) is 18.9. The lowest BCUT2D eigenvalue weighted by atomic mass is 9.77. The van der Waals surface area contributed by atoms with E-state index in [-0.39, 0.29) is 11.8 Å². The summed E-state index contributed by atoms with van der Waals surface area (Å²) in [5.74, 6) is 0.323. The van der Waals surface area contributed by atoms with E-state index in [2.05, 4.69) is 4.90 Å². The predicted molar refractivity (Wildman–Crippen MR) is 102 cm³/mol. The summed E-state index contributed by atoms with van der Waals surface area (Å²) in [7, 11) is 0. The zero-order valence-electron chi connectivity index (χ0n) is 16.0. The molecule has 1 aromatic rings. The Kier molecular flexibility index (Phi) is 5.20. The van der Waals surface area contributed by atoms with Crippen molar-refractivity contribution in [3.05, 3.63) is 35.6 Å². The van der Waals surface area contributed by atoms with Crippen molar-refractivity contribution in [3.8, 4) is 0 Å². The van der Waals surface area contributed by atoms with Crippen LogP contribution in [0, 0.1) is 17.2 Å². The van der Waals surface area contributed by atoms with Crippen molar-refractivity contribution < 1.29 is 14.0 Å². The van der Waals surface area contributed by atoms with Crippen LogP contribution in [0.25, 0.3) is 0 Å². The van der Waals surface area contributed by atoms with Gasteiger partial charge in [0.15, 0.2) is 0 Å². The third-order valence-corrected chi connectivity index (χ3v) is 6.74. The molecule has 3 fully saturated rings. The van der Waals surface area contributed by atoms with Gasteiger partial charge in [-0.2, -0.15) is 0 Å². The number of benzene rings is 1. The molecular formula is C22H29FN2O2. The molecule has 1 saturated carbocycles. The van der Waals surface area contributed by atoms with E-state index in [0.717, 1.165) is 32.4 Å². The SMILES string of the molecule is O=C(c1cccc(F)c1)N1CCC2(CCCN(CC3CCCCC3)C2=O)C1. The summed E-state index contributed by atoms with van der Waals surface area (Å²) in [6, 6.07) is 5.84. The smallest absolute Gasteiger partial charge is 0.253 e. The molecular weight excluding hydrogens is 343 g/mol. The molecule has 3 aliphatic rings. The first-order valence-electron chi connectivity index (χ1n) is 10.4. The van der Waals surface area contributed by atoms with Gasteiger partial charge in [-0.25, -0.2) is 4.39 Å². The molecule has 5 heteroatoms. The lowest BCUT2D eigenvalue weighted by Crippen LogP contribution is -2.51. The third-order valence-electron chi connectivity index (χ3n) is 6.74. The fourth-order valence-electron chi connectivity index (χ4n) is 5.24. The van der Waals surface area contributed by atoms with Crippen molar-refractivity contribution in [1.82, 2.24) is 9.80 Å². The minimum atomic E-state index is -0.421. The maximum atomic E-state index is 13.5. The van der Waals surface area contributed by atoms with Crippen molar-refractivity contribution >= 4 is 11.8 Å². The zero-order valence-corrected chi connectivity index (χ0v) is 16.0. The van der Waals surface area contributed by atoms with Gasteiger partial charge in [-0.15, -0.1) is 0 Å². The Balaban J connectivity index is 1.43. The molecule has 1 unspecified atom stereocenters. The average molecular weight is 372 g/mol. The van der Waals surface area contributed by atoms with Crippen molar-refractivity contribution in [1.29, 1.82) is 0 Å². The fraction of sp³-hybridized carbons (Fsp3) is 0.636. The highest BCUT2D eigenvalue weighted by molar-refractivity contribution is 5.95. The molecule has 0 N–H and O–H groups in total. The second kappa shape index (κ2) is 7.61. The van der Waals surface area contributed by atoms with E-state index in [1.54, 1.807) is 17.0 Å². The van der Waals surface area contributed by atoms with E-state index in [1.807, 2.05) is 0 Å². The normalized spacial score (nSPS) is 26.8. The molecule has 4 rings (SSSR count). The molecule has 27 heavy (non-hydrogen) atoms. The van der Waals surface area contributed by atoms with Crippen LogP contribution in [0.15, 0.2) is 24.3 Å². The van der Waals surface area contributed by atoms with Crippen molar-refractivity contribution in [2.75, 3.05) is 26.2 Å². The lowest BCUT2D eigenvalue weighted by Gasteiger charge is -2.41. The molecule has 1 spiro atoms. The van der Waals surface area contributed by atoms with Crippen LogP contribution in [0.1, 0.15) is 61.7 Å². The quantitative estimate of drug-likeness (QED) is 0.808. The number of piperidine rings is 1. The van der Waals surface area contributed by atoms with Crippen LogP contribution in [0.3, 0.4) is 0 Å². The molecule has 0 bridgehead atoms. The maximum Gasteiger partial charge on any atom is 0.253 e. The minimum absolute atomic E-state index is 0.163. The van der Waals surface area contributed by atoms with E-state index < -0.39 is 11.2 Å². The van der Waals surface area contributed by atoms with Crippen LogP contribution in [-0.2, 0) is 4.79 Å². The number of rotatable bonds is 3. The largest absolute Gasteiger partial charge is 0.342 e. The van der Waals surface area contributed by atoms with Crippen LogP contribution >= 0.6 is 0 Å². The molecule has 1 aliphatic carbocycles. The Morgan fingerprint density at radius 3 is 2.70 bits per heavy atom. The van der Waals surface area contributed by atoms with E-state index in [0.29, 0.717) is 24.6 Å². The highest BCUT2D eigenvalue weighted by atomic mass is 19.1. The molecule has 2 heterocycles. The van der Waals surface area contributed by atoms with Crippen LogP contribution < -0.4 is 0 Å². The van der Waals surface area contributed by atoms with E-state index in [1.165, 1.54) is 44.2 Å². The second-order valence-electron chi connectivity index (χ2n) is 8.63. The Morgan fingerprint density at radius 1 is 1.11 bits per heavy atom. The summed E-state index contributed by atoms with van der Waals surface area (Å²) in [6.07, 6.45) is 8.98. The summed E-state index contributed by atoms with van der Waals surface area (Å²) < 4.78 is 13.5. The molecule has 2 amide bonds. The first-order valence-corrected chi connectivity index (χ1v) is 10.4. The third kappa shape index (κ3) is 3.74. The number of hydrogen-bond acceptors (Lipinski definition) is 2. The van der Waals surface area contributed by atoms with Gasteiger partial charge in [-0.05, 0) is 56.2 Å². The van der Waals surface area contributed by atoms with Gasteiger partial charge in [0.2, 0.25) is 5.91 Å². The molecule has 0 aromatic heterocycles. The van der Waals surface area contributed by atoms with Crippen LogP contribution in [-0.4, -0.2) is 47.8 Å². The number of hydrogen-bond donors (Lipinski definition) is 0. The Bertz CT molecular complexity index is 716. The minimum Gasteiger partial charge on any atom is -0.342 e. The number of carbonyl (C=O) groups is 2. The topological polar surface area (TPSA) is 40.6 Å². The molecule has 2 aliphatic heterocycles. The number of likely N-dealkylation sites (tertiary alicyclic amines) is 2. The highest BCUT2D eigenvalue weighted by Gasteiger charge is 2.49. The molecule has 0 radical (unpaired) electrons. The first kappa shape index (κ1) is 18.5. The number of carbonyl (C=O) groups excluding carboxylic acids is 2. The second-order valence-corrected chi connectivity index (χ2v) is 8.63. The van der Waals surface area contributed by atoms with Gasteiger partial charge in [0.05, 0.1) is 5.41 Å². The standard InChI is InChI=1S/C22H29FN2O2/c23-19-9-4-8-18(14-19)20(26)25-13-11-22(16-25)10-5-12-24(21(22)27)15-17-6-2-1-3-7-17/h4,8-9,14,17H,1-3,5-7,10-13,15-16H2. The summed E-state index contributed by atoms with van der Waals surface area (Å²) in [6.45, 7) is 2.80. The van der Waals surface area contributed by atoms with Crippen molar-refractivity contribution in [3.63, 3.8) is 0 Å². The molecule has 2 saturated heterocycles. The van der Waals surface area contributed by atoms with Crippen molar-refractivity contribution in [2.24, 2.45) is 11.3 Å². The maximum absolute atomic E-state index is 13.5. The monoisotopic (exact) mass is 372 g/mol. The van der Waals surface area contributed by atoms with E-state index in [4.69, 9.17) is 0 Å². The fourth-order valence-corrected chi connectivity index (χ4v) is 5.24. The summed E-state index contributed by atoms with van der Waals surface area (Å²) >= 11 is 0. The summed E-state index contributed by atoms with van der Waals surface area (Å²) in [5, 5.41) is 0. The lowest BCUT2D eigenvalue weighted by molar-refractivity contribution is -0.146. The number of halogens is 1. The Morgan fingerprint density at radius 2 is 1.93 bits per heavy atom. The predicted octanol–water partition coefficient (Wildman–Crippen LogP) is 3.86. The van der Waals surface area contributed by atoms with Crippen molar-refractivity contribution in [2.45, 2.75) is 51.4 Å². The van der Waals surface area contributed by atoms with Gasteiger partial charge in [-0.3, -0.25) is 9.59 Å². The Hall–Kier alpha value is -1.91. The average Bonchev–Trinajstić information content (AvgIpc) is 3.11. The van der Waals surface area contributed by atoms with Gasteiger partial charge in [0.25, 0.3) is 5.91 Å². The molecule has 1 atom stereocenters. The van der Waals surface area contributed by atoms with Gasteiger partial charge in [0, 0.05) is 31.7 Å². The van der Waals surface area contributed by atoms with Crippen LogP contribution in [0.4, 0.5) is 4.39 Å². The van der Waals surface area contributed by atoms with Gasteiger partial charge >= 0.3 is 0 Å². The van der Waals surface area contributed by atoms with Crippen LogP contribution in [0.2, 0.25) is 0 Å². The molecule has 146 valence electrons. The number of nitrogens with zero attached hydrogens (tertiary/aromatic N) is 2. The van der Waals surface area contributed by atoms with Gasteiger partial charge in [-0.1, -0.05) is 25.3 Å². The van der Waals surface area contributed by atoms with E-state index >= 15 is 0 Å². The molecule has 1 aromatic carbocycles. The van der Waals surface area contributed by atoms with Gasteiger partial charge < -0.3 is 9.80 Å². The number of amides is 2. The van der Waals surface area contributed by atoms with Gasteiger partial charge in [0.1, 0.15) is 5.82 Å². The summed E-state index contributed by atoms with van der Waals surface area (Å²) in [5.41, 5.74) is -0.0509. The Labute approximate surface area is 160 Å². The summed E-state index contributed by atoms with van der Waals surface area (Å²) in [4.78, 5) is 29.9. The molecule has 4 nitrogen and oxygen atoms in total. The first-order chi connectivity index (χ1) is 13.1.